The van der Waals surface area contributed by atoms with Gasteiger partial charge in [0.1, 0.15) is 0 Å². The largest absolute Gasteiger partial charge is 0.395 e. The van der Waals surface area contributed by atoms with Crippen molar-refractivity contribution in [1.29, 1.82) is 0 Å². The van der Waals surface area contributed by atoms with Crippen LogP contribution >= 0.6 is 0 Å². The van der Waals surface area contributed by atoms with Gasteiger partial charge in [-0.3, -0.25) is 15.0 Å². The number of carbonyl (C=O) groups excluding carboxylic acids is 2. The van der Waals surface area contributed by atoms with E-state index in [0.29, 0.717) is 13.1 Å². The number of carbonyl (C=O) groups is 2. The molecule has 0 aliphatic rings. The monoisotopic (exact) mass is 259 g/mol. The third-order valence-corrected chi connectivity index (χ3v) is 2.78. The fraction of sp³-hybridized carbons (Fsp3) is 0.833. The van der Waals surface area contributed by atoms with Gasteiger partial charge in [-0.15, -0.1) is 0 Å². The van der Waals surface area contributed by atoms with Crippen molar-refractivity contribution in [2.45, 2.75) is 39.7 Å². The molecular formula is C12H25N3O3. The lowest BCUT2D eigenvalue weighted by atomic mass is 10.1. The van der Waals surface area contributed by atoms with E-state index in [2.05, 4.69) is 10.6 Å². The van der Waals surface area contributed by atoms with Crippen molar-refractivity contribution in [2.24, 2.45) is 0 Å². The Morgan fingerprint density at radius 1 is 1.22 bits per heavy atom. The van der Waals surface area contributed by atoms with Gasteiger partial charge in [0.15, 0.2) is 0 Å². The molecule has 0 rings (SSSR count). The van der Waals surface area contributed by atoms with Crippen LogP contribution < -0.4 is 10.6 Å². The number of hydrogen-bond donors (Lipinski definition) is 3. The van der Waals surface area contributed by atoms with E-state index in [4.69, 9.17) is 5.11 Å². The van der Waals surface area contributed by atoms with E-state index in [1.807, 2.05) is 18.7 Å². The van der Waals surface area contributed by atoms with E-state index in [0.717, 1.165) is 12.8 Å². The van der Waals surface area contributed by atoms with Crippen LogP contribution in [0.25, 0.3) is 0 Å². The van der Waals surface area contributed by atoms with E-state index < -0.39 is 6.03 Å². The second-order valence-corrected chi connectivity index (χ2v) is 4.07. The summed E-state index contributed by atoms with van der Waals surface area (Å²) in [5.74, 6) is -0.346. The highest BCUT2D eigenvalue weighted by Gasteiger charge is 2.18. The Bertz CT molecular complexity index is 255. The number of urea groups is 1. The first-order valence-electron chi connectivity index (χ1n) is 6.51. The summed E-state index contributed by atoms with van der Waals surface area (Å²) in [6.07, 6.45) is 1.82. The van der Waals surface area contributed by atoms with Crippen LogP contribution in [0.3, 0.4) is 0 Å². The summed E-state index contributed by atoms with van der Waals surface area (Å²) in [6.45, 7) is 6.92. The minimum absolute atomic E-state index is 0.00490. The van der Waals surface area contributed by atoms with Gasteiger partial charge < -0.3 is 10.4 Å². The zero-order valence-corrected chi connectivity index (χ0v) is 11.5. The van der Waals surface area contributed by atoms with Gasteiger partial charge in [0, 0.05) is 19.1 Å². The third-order valence-electron chi connectivity index (χ3n) is 2.78. The Morgan fingerprint density at radius 3 is 2.28 bits per heavy atom. The van der Waals surface area contributed by atoms with Crippen LogP contribution in [0.4, 0.5) is 4.79 Å². The zero-order chi connectivity index (χ0) is 14.0. The van der Waals surface area contributed by atoms with Crippen molar-refractivity contribution < 1.29 is 14.7 Å². The number of imide groups is 1. The normalized spacial score (nSPS) is 10.8. The molecule has 0 aromatic carbocycles. The van der Waals surface area contributed by atoms with E-state index in [-0.39, 0.29) is 25.1 Å². The standard InChI is InChI=1S/C12H25N3O3/c1-4-10(5-2)15(7-8-16)9-11(17)14-12(18)13-6-3/h10,16H,4-9H2,1-3H3,(H2,13,14,17,18). The molecule has 0 heterocycles. The quantitative estimate of drug-likeness (QED) is 0.586. The summed E-state index contributed by atoms with van der Waals surface area (Å²) >= 11 is 0. The SMILES string of the molecule is CCNC(=O)NC(=O)CN(CCO)C(CC)CC. The summed E-state index contributed by atoms with van der Waals surface area (Å²) in [5, 5.41) is 13.8. The summed E-state index contributed by atoms with van der Waals surface area (Å²) in [7, 11) is 0. The molecule has 0 saturated carbocycles. The molecular weight excluding hydrogens is 234 g/mol. The predicted molar refractivity (Wildman–Crippen MR) is 70.2 cm³/mol. The Hall–Kier alpha value is -1.14. The Balaban J connectivity index is 4.30. The second-order valence-electron chi connectivity index (χ2n) is 4.07. The number of nitrogens with zero attached hydrogens (tertiary/aromatic N) is 1. The number of aliphatic hydroxyl groups is 1. The van der Waals surface area contributed by atoms with Crippen molar-refractivity contribution in [2.75, 3.05) is 26.2 Å². The van der Waals surface area contributed by atoms with Gasteiger partial charge in [-0.25, -0.2) is 4.79 Å². The molecule has 0 radical (unpaired) electrons. The number of aliphatic hydroxyl groups excluding tert-OH is 1. The molecule has 6 heteroatoms. The summed E-state index contributed by atoms with van der Waals surface area (Å²) < 4.78 is 0. The van der Waals surface area contributed by atoms with Gasteiger partial charge in [0.05, 0.1) is 13.2 Å². The molecule has 0 unspecified atom stereocenters. The molecule has 106 valence electrons. The van der Waals surface area contributed by atoms with Gasteiger partial charge >= 0.3 is 6.03 Å². The van der Waals surface area contributed by atoms with Gasteiger partial charge in [0.25, 0.3) is 0 Å². The van der Waals surface area contributed by atoms with Crippen molar-refractivity contribution in [3.05, 3.63) is 0 Å². The van der Waals surface area contributed by atoms with Crippen molar-refractivity contribution in [1.82, 2.24) is 15.5 Å². The van der Waals surface area contributed by atoms with E-state index >= 15 is 0 Å². The Kier molecular flexibility index (Phi) is 9.22. The summed E-state index contributed by atoms with van der Waals surface area (Å²) in [4.78, 5) is 24.7. The molecule has 3 amide bonds. The molecule has 0 atom stereocenters. The van der Waals surface area contributed by atoms with Crippen molar-refractivity contribution in [3.63, 3.8) is 0 Å². The highest BCUT2D eigenvalue weighted by Crippen LogP contribution is 2.07. The lowest BCUT2D eigenvalue weighted by molar-refractivity contribution is -0.121. The zero-order valence-electron chi connectivity index (χ0n) is 11.5. The van der Waals surface area contributed by atoms with Crippen LogP contribution in [-0.2, 0) is 4.79 Å². The van der Waals surface area contributed by atoms with Crippen molar-refractivity contribution >= 4 is 11.9 Å². The highest BCUT2D eigenvalue weighted by molar-refractivity contribution is 5.95. The number of amides is 3. The molecule has 3 N–H and O–H groups in total. The van der Waals surface area contributed by atoms with Crippen LogP contribution in [0.2, 0.25) is 0 Å². The highest BCUT2D eigenvalue weighted by atomic mass is 16.3. The smallest absolute Gasteiger partial charge is 0.321 e. The minimum Gasteiger partial charge on any atom is -0.395 e. The van der Waals surface area contributed by atoms with Crippen LogP contribution in [0.5, 0.6) is 0 Å². The summed E-state index contributed by atoms with van der Waals surface area (Å²) in [6, 6.07) is -0.229. The molecule has 0 spiro atoms. The van der Waals surface area contributed by atoms with Crippen LogP contribution in [0.1, 0.15) is 33.6 Å². The van der Waals surface area contributed by atoms with Crippen LogP contribution in [-0.4, -0.2) is 54.2 Å². The molecule has 0 aliphatic carbocycles. The number of hydrogen-bond acceptors (Lipinski definition) is 4. The predicted octanol–water partition coefficient (Wildman–Crippen LogP) is 0.315. The molecule has 6 nitrogen and oxygen atoms in total. The fourth-order valence-electron chi connectivity index (χ4n) is 1.88. The maximum atomic E-state index is 11.7. The van der Waals surface area contributed by atoms with Gasteiger partial charge in [-0.1, -0.05) is 13.8 Å². The lowest BCUT2D eigenvalue weighted by Gasteiger charge is -2.28. The molecule has 0 bridgehead atoms. The van der Waals surface area contributed by atoms with Crippen molar-refractivity contribution in [3.8, 4) is 0 Å². The van der Waals surface area contributed by atoms with Crippen LogP contribution in [0.15, 0.2) is 0 Å². The average Bonchev–Trinajstić information content (AvgIpc) is 2.30. The second kappa shape index (κ2) is 9.85. The van der Waals surface area contributed by atoms with E-state index in [1.165, 1.54) is 0 Å². The third kappa shape index (κ3) is 6.56. The topological polar surface area (TPSA) is 81.7 Å². The average molecular weight is 259 g/mol. The first kappa shape index (κ1) is 16.9. The van der Waals surface area contributed by atoms with Gasteiger partial charge in [-0.05, 0) is 19.8 Å². The lowest BCUT2D eigenvalue weighted by Crippen LogP contribution is -2.47. The van der Waals surface area contributed by atoms with E-state index in [1.54, 1.807) is 6.92 Å². The first-order valence-corrected chi connectivity index (χ1v) is 6.51. The Labute approximate surface area is 109 Å². The fourth-order valence-corrected chi connectivity index (χ4v) is 1.88. The van der Waals surface area contributed by atoms with Crippen LogP contribution in [0, 0.1) is 0 Å². The maximum Gasteiger partial charge on any atom is 0.321 e. The van der Waals surface area contributed by atoms with Gasteiger partial charge in [0.2, 0.25) is 5.91 Å². The molecule has 0 saturated heterocycles. The summed E-state index contributed by atoms with van der Waals surface area (Å²) in [5.41, 5.74) is 0. The maximum absolute atomic E-state index is 11.7. The molecule has 0 aromatic heterocycles. The molecule has 0 fully saturated rings. The molecule has 0 aliphatic heterocycles. The Morgan fingerprint density at radius 2 is 1.83 bits per heavy atom. The number of nitrogens with one attached hydrogen (secondary N) is 2. The first-order chi connectivity index (χ1) is 8.58. The number of rotatable bonds is 8. The van der Waals surface area contributed by atoms with Gasteiger partial charge in [-0.2, -0.15) is 0 Å². The van der Waals surface area contributed by atoms with E-state index in [9.17, 15) is 9.59 Å². The molecule has 0 aromatic rings. The minimum atomic E-state index is -0.476. The molecule has 18 heavy (non-hydrogen) atoms.